The maximum Gasteiger partial charge on any atom is 0.207 e. The van der Waals surface area contributed by atoms with Gasteiger partial charge in [0.1, 0.15) is 5.76 Å². The Morgan fingerprint density at radius 1 is 1.31 bits per heavy atom. The van der Waals surface area contributed by atoms with Crippen LogP contribution in [0.25, 0.3) is 0 Å². The van der Waals surface area contributed by atoms with E-state index in [1.807, 2.05) is 6.92 Å². The Labute approximate surface area is 96.0 Å². The fraction of sp³-hybridized carbons (Fsp3) is 0.250. The van der Waals surface area contributed by atoms with E-state index in [1.54, 1.807) is 31.2 Å². The highest BCUT2D eigenvalue weighted by Crippen LogP contribution is 2.12. The summed E-state index contributed by atoms with van der Waals surface area (Å²) < 4.78 is 28.4. The zero-order valence-corrected chi connectivity index (χ0v) is 10.3. The van der Waals surface area contributed by atoms with E-state index in [9.17, 15) is 8.42 Å². The molecule has 0 bridgehead atoms. The summed E-state index contributed by atoms with van der Waals surface area (Å²) in [5.74, 6) is 0.427. The van der Waals surface area contributed by atoms with Crippen LogP contribution in [0.5, 0.6) is 0 Å². The number of benzene rings is 1. The summed E-state index contributed by atoms with van der Waals surface area (Å²) in [6.07, 6.45) is 0. The van der Waals surface area contributed by atoms with Gasteiger partial charge < -0.3 is 4.74 Å². The third-order valence-electron chi connectivity index (χ3n) is 2.07. The van der Waals surface area contributed by atoms with E-state index in [-0.39, 0.29) is 4.90 Å². The molecule has 86 valence electrons. The summed E-state index contributed by atoms with van der Waals surface area (Å²) in [6, 6.07) is 6.66. The van der Waals surface area contributed by atoms with Gasteiger partial charge in [0.2, 0.25) is 9.84 Å². The van der Waals surface area contributed by atoms with Gasteiger partial charge in [-0.1, -0.05) is 23.4 Å². The zero-order valence-electron chi connectivity index (χ0n) is 9.52. The van der Waals surface area contributed by atoms with Crippen molar-refractivity contribution in [1.82, 2.24) is 0 Å². The smallest absolute Gasteiger partial charge is 0.207 e. The third-order valence-corrected chi connectivity index (χ3v) is 3.43. The Morgan fingerprint density at radius 2 is 1.88 bits per heavy atom. The van der Waals surface area contributed by atoms with E-state index in [0.29, 0.717) is 5.76 Å². The molecule has 4 heteroatoms. The van der Waals surface area contributed by atoms with Crippen molar-refractivity contribution < 1.29 is 13.2 Å². The molecule has 0 atom stereocenters. The summed E-state index contributed by atoms with van der Waals surface area (Å²) in [4.78, 5) is 0.259. The van der Waals surface area contributed by atoms with Crippen LogP contribution in [-0.4, -0.2) is 15.5 Å². The van der Waals surface area contributed by atoms with E-state index in [0.717, 1.165) is 11.0 Å². The van der Waals surface area contributed by atoms with Crippen LogP contribution in [0.4, 0.5) is 0 Å². The van der Waals surface area contributed by atoms with Gasteiger partial charge in [-0.25, -0.2) is 8.42 Å². The van der Waals surface area contributed by atoms with Gasteiger partial charge in [0.25, 0.3) is 0 Å². The number of methoxy groups -OCH3 is 1. The summed E-state index contributed by atoms with van der Waals surface area (Å²) in [5, 5.41) is 1.02. The van der Waals surface area contributed by atoms with Crippen LogP contribution in [0.15, 0.2) is 46.1 Å². The molecule has 0 heterocycles. The van der Waals surface area contributed by atoms with Crippen LogP contribution >= 0.6 is 0 Å². The van der Waals surface area contributed by atoms with Crippen molar-refractivity contribution in [3.05, 3.63) is 46.7 Å². The molecule has 0 saturated carbocycles. The fourth-order valence-corrected chi connectivity index (χ4v) is 1.99. The van der Waals surface area contributed by atoms with Crippen LogP contribution in [0, 0.1) is 6.92 Å². The molecule has 1 rings (SSSR count). The molecule has 0 aliphatic carbocycles. The van der Waals surface area contributed by atoms with E-state index < -0.39 is 9.84 Å². The number of rotatable bonds is 3. The lowest BCUT2D eigenvalue weighted by Gasteiger charge is -1.98. The molecule has 0 amide bonds. The first-order valence-corrected chi connectivity index (χ1v) is 6.29. The molecule has 0 aromatic heterocycles. The predicted molar refractivity (Wildman–Crippen MR) is 62.6 cm³/mol. The molecule has 0 unspecified atom stereocenters. The maximum absolute atomic E-state index is 11.8. The van der Waals surface area contributed by atoms with E-state index in [4.69, 9.17) is 4.74 Å². The predicted octanol–water partition coefficient (Wildman–Crippen LogP) is 2.43. The lowest BCUT2D eigenvalue weighted by Crippen LogP contribution is -1.95. The van der Waals surface area contributed by atoms with Crippen molar-refractivity contribution >= 4 is 9.84 Å². The van der Waals surface area contributed by atoms with E-state index in [2.05, 4.69) is 5.73 Å². The lowest BCUT2D eigenvalue weighted by molar-refractivity contribution is 0.295. The Balaban J connectivity index is 3.13. The number of allylic oxidation sites excluding steroid dienone is 1. The van der Waals surface area contributed by atoms with Gasteiger partial charge in [-0.05, 0) is 19.1 Å². The van der Waals surface area contributed by atoms with Crippen LogP contribution in [0.3, 0.4) is 0 Å². The molecule has 1 aromatic rings. The normalized spacial score (nSPS) is 10.4. The standard InChI is InChI=1S/C12H14O3S/c1-10-4-6-12(7-5-10)16(13,14)9-8-11(2)15-3/h4-7,9H,1-3H3. The highest BCUT2D eigenvalue weighted by molar-refractivity contribution is 7.94. The Hall–Kier alpha value is -1.51. The van der Waals surface area contributed by atoms with Gasteiger partial charge in [-0.15, -0.1) is 0 Å². The van der Waals surface area contributed by atoms with Crippen LogP contribution in [-0.2, 0) is 14.6 Å². The summed E-state index contributed by atoms with van der Waals surface area (Å²) >= 11 is 0. The second kappa shape index (κ2) is 5.01. The topological polar surface area (TPSA) is 43.4 Å². The Kier molecular flexibility index (Phi) is 3.93. The molecule has 0 aliphatic heterocycles. The molecule has 0 radical (unpaired) electrons. The van der Waals surface area contributed by atoms with Gasteiger partial charge in [0.05, 0.1) is 17.4 Å². The summed E-state index contributed by atoms with van der Waals surface area (Å²) in [6.45, 7) is 3.54. The number of hydrogen-bond donors (Lipinski definition) is 0. The van der Waals surface area contributed by atoms with Crippen molar-refractivity contribution in [3.63, 3.8) is 0 Å². The first kappa shape index (κ1) is 12.6. The first-order valence-electron chi connectivity index (χ1n) is 4.75. The van der Waals surface area contributed by atoms with Gasteiger partial charge in [0.15, 0.2) is 0 Å². The molecule has 16 heavy (non-hydrogen) atoms. The number of hydrogen-bond acceptors (Lipinski definition) is 3. The first-order chi connectivity index (χ1) is 7.45. The van der Waals surface area contributed by atoms with Crippen molar-refractivity contribution in [2.24, 2.45) is 0 Å². The minimum absolute atomic E-state index is 0.259. The van der Waals surface area contributed by atoms with Crippen molar-refractivity contribution in [3.8, 4) is 0 Å². The van der Waals surface area contributed by atoms with Crippen molar-refractivity contribution in [1.29, 1.82) is 0 Å². The molecular formula is C12H14O3S. The molecular weight excluding hydrogens is 224 g/mol. The number of aryl methyl sites for hydroxylation is 1. The molecule has 0 saturated heterocycles. The Morgan fingerprint density at radius 3 is 2.38 bits per heavy atom. The van der Waals surface area contributed by atoms with Crippen molar-refractivity contribution in [2.45, 2.75) is 18.7 Å². The fourth-order valence-electron chi connectivity index (χ4n) is 1.02. The average molecular weight is 238 g/mol. The van der Waals surface area contributed by atoms with Crippen LogP contribution < -0.4 is 0 Å². The third kappa shape index (κ3) is 3.26. The highest BCUT2D eigenvalue weighted by atomic mass is 32.2. The van der Waals surface area contributed by atoms with Gasteiger partial charge in [-0.2, -0.15) is 0 Å². The number of sulfone groups is 1. The highest BCUT2D eigenvalue weighted by Gasteiger charge is 2.09. The van der Waals surface area contributed by atoms with E-state index >= 15 is 0 Å². The summed E-state index contributed by atoms with van der Waals surface area (Å²) in [5.41, 5.74) is 3.59. The second-order valence-corrected chi connectivity index (χ2v) is 5.18. The lowest BCUT2D eigenvalue weighted by atomic mass is 10.2. The second-order valence-electron chi connectivity index (χ2n) is 3.38. The SMILES string of the molecule is COC(C)=C=CS(=O)(=O)c1ccc(C)cc1. The quantitative estimate of drug-likeness (QED) is 0.600. The molecule has 3 nitrogen and oxygen atoms in total. The van der Waals surface area contributed by atoms with Crippen molar-refractivity contribution in [2.75, 3.05) is 7.11 Å². The Bertz CT molecular complexity index is 518. The van der Waals surface area contributed by atoms with Crippen LogP contribution in [0.2, 0.25) is 0 Å². The zero-order chi connectivity index (χ0) is 12.2. The van der Waals surface area contributed by atoms with Gasteiger partial charge >= 0.3 is 0 Å². The minimum Gasteiger partial charge on any atom is -0.493 e. The average Bonchev–Trinajstić information content (AvgIpc) is 2.26. The monoisotopic (exact) mass is 238 g/mol. The number of ether oxygens (including phenoxy) is 1. The summed E-state index contributed by atoms with van der Waals surface area (Å²) in [7, 11) is -1.95. The maximum atomic E-state index is 11.8. The minimum atomic E-state index is -3.42. The van der Waals surface area contributed by atoms with Crippen LogP contribution in [0.1, 0.15) is 12.5 Å². The molecule has 0 spiro atoms. The largest absolute Gasteiger partial charge is 0.493 e. The molecule has 0 N–H and O–H groups in total. The van der Waals surface area contributed by atoms with Gasteiger partial charge in [0, 0.05) is 6.92 Å². The molecule has 0 fully saturated rings. The molecule has 1 aromatic carbocycles. The van der Waals surface area contributed by atoms with E-state index in [1.165, 1.54) is 7.11 Å². The molecule has 0 aliphatic rings. The van der Waals surface area contributed by atoms with Gasteiger partial charge in [-0.3, -0.25) is 0 Å².